The van der Waals surface area contributed by atoms with Crippen molar-refractivity contribution in [1.29, 1.82) is 0 Å². The topological polar surface area (TPSA) is 57.7 Å². The van der Waals surface area contributed by atoms with E-state index in [9.17, 15) is 0 Å². The van der Waals surface area contributed by atoms with Gasteiger partial charge in [-0.2, -0.15) is 0 Å². The van der Waals surface area contributed by atoms with Crippen molar-refractivity contribution in [1.82, 2.24) is 16.0 Å². The molecule has 23 heavy (non-hydrogen) atoms. The Morgan fingerprint density at radius 1 is 1.13 bits per heavy atom. The van der Waals surface area contributed by atoms with Crippen molar-refractivity contribution in [2.24, 2.45) is 10.4 Å². The summed E-state index contributed by atoms with van der Waals surface area (Å²) in [7, 11) is 3.63. The Labute approximate surface area is 159 Å². The number of guanidine groups is 1. The van der Waals surface area contributed by atoms with Gasteiger partial charge in [-0.05, 0) is 45.4 Å². The Bertz CT molecular complexity index is 336. The summed E-state index contributed by atoms with van der Waals surface area (Å²) in [5, 5.41) is 10.4. The summed E-state index contributed by atoms with van der Waals surface area (Å²) in [6.07, 6.45) is 6.41. The molecule has 0 radical (unpaired) electrons. The second-order valence-corrected chi connectivity index (χ2v) is 7.48. The van der Waals surface area contributed by atoms with Crippen molar-refractivity contribution in [2.75, 3.05) is 40.4 Å². The third-order valence-electron chi connectivity index (χ3n) is 4.43. The maximum absolute atomic E-state index is 5.29. The van der Waals surface area contributed by atoms with Crippen LogP contribution in [0, 0.1) is 5.41 Å². The lowest BCUT2D eigenvalue weighted by Gasteiger charge is -2.30. The second-order valence-electron chi connectivity index (χ2n) is 7.48. The predicted molar refractivity (Wildman–Crippen MR) is 110 cm³/mol. The number of hydrogen-bond acceptors (Lipinski definition) is 3. The molecule has 0 aromatic carbocycles. The molecule has 0 bridgehead atoms. The van der Waals surface area contributed by atoms with Gasteiger partial charge in [0.15, 0.2) is 5.96 Å². The molecule has 0 atom stereocenters. The lowest BCUT2D eigenvalue weighted by molar-refractivity contribution is 0.138. The molecule has 1 fully saturated rings. The number of methoxy groups -OCH3 is 1. The van der Waals surface area contributed by atoms with Crippen LogP contribution in [0.15, 0.2) is 4.99 Å². The highest BCUT2D eigenvalue weighted by atomic mass is 127. The van der Waals surface area contributed by atoms with Gasteiger partial charge in [0.2, 0.25) is 0 Å². The van der Waals surface area contributed by atoms with Crippen LogP contribution in [0.2, 0.25) is 0 Å². The Morgan fingerprint density at radius 2 is 1.78 bits per heavy atom. The molecule has 0 aromatic rings. The molecule has 3 N–H and O–H groups in total. The first kappa shape index (κ1) is 22.9. The summed E-state index contributed by atoms with van der Waals surface area (Å²) < 4.78 is 5.29. The standard InChI is InChI=1S/C17H36N4O.HI/c1-16(2,3)21-12-11-19-15(18-4)20-14-17(10-13-22-5)8-6-7-9-17;/h21H,6-14H2,1-5H3,(H2,18,19,20);1H. The molecule has 1 rings (SSSR count). The van der Waals surface area contributed by atoms with Crippen molar-refractivity contribution in [3.8, 4) is 0 Å². The average molecular weight is 440 g/mol. The van der Waals surface area contributed by atoms with Crippen LogP contribution in [-0.2, 0) is 4.74 Å². The van der Waals surface area contributed by atoms with Gasteiger partial charge in [0.25, 0.3) is 0 Å². The molecule has 0 aromatic heterocycles. The first-order chi connectivity index (χ1) is 10.4. The van der Waals surface area contributed by atoms with Crippen LogP contribution in [-0.4, -0.2) is 51.9 Å². The van der Waals surface area contributed by atoms with E-state index in [2.05, 4.69) is 41.7 Å². The molecule has 0 aliphatic heterocycles. The molecule has 6 heteroatoms. The normalized spacial score (nSPS) is 17.7. The third-order valence-corrected chi connectivity index (χ3v) is 4.43. The second kappa shape index (κ2) is 11.5. The van der Waals surface area contributed by atoms with Crippen molar-refractivity contribution < 1.29 is 4.74 Å². The summed E-state index contributed by atoms with van der Waals surface area (Å²) in [6, 6.07) is 0. The van der Waals surface area contributed by atoms with Crippen molar-refractivity contribution in [3.63, 3.8) is 0 Å². The highest BCUT2D eigenvalue weighted by molar-refractivity contribution is 14.0. The predicted octanol–water partition coefficient (Wildman–Crippen LogP) is 2.75. The molecule has 0 spiro atoms. The largest absolute Gasteiger partial charge is 0.385 e. The Hall–Kier alpha value is -0.0800. The lowest BCUT2D eigenvalue weighted by atomic mass is 9.83. The van der Waals surface area contributed by atoms with Gasteiger partial charge in [-0.1, -0.05) is 12.8 Å². The summed E-state index contributed by atoms with van der Waals surface area (Å²) in [6.45, 7) is 10.2. The highest BCUT2D eigenvalue weighted by Gasteiger charge is 2.33. The minimum Gasteiger partial charge on any atom is -0.385 e. The summed E-state index contributed by atoms with van der Waals surface area (Å²) in [5.41, 5.74) is 0.546. The SMILES string of the molecule is CN=C(NCCNC(C)(C)C)NCC1(CCOC)CCCC1.I. The average Bonchev–Trinajstić information content (AvgIpc) is 2.92. The van der Waals surface area contributed by atoms with E-state index in [-0.39, 0.29) is 29.5 Å². The molecular weight excluding hydrogens is 403 g/mol. The molecule has 0 amide bonds. The quantitative estimate of drug-likeness (QED) is 0.235. The van der Waals surface area contributed by atoms with E-state index >= 15 is 0 Å². The van der Waals surface area contributed by atoms with E-state index in [1.807, 2.05) is 7.05 Å². The fourth-order valence-electron chi connectivity index (χ4n) is 3.07. The van der Waals surface area contributed by atoms with Gasteiger partial charge in [0, 0.05) is 45.9 Å². The zero-order valence-corrected chi connectivity index (χ0v) is 18.0. The highest BCUT2D eigenvalue weighted by Crippen LogP contribution is 2.40. The van der Waals surface area contributed by atoms with Crippen molar-refractivity contribution >= 4 is 29.9 Å². The Balaban J connectivity index is 0.00000484. The molecule has 0 unspecified atom stereocenters. The first-order valence-corrected chi connectivity index (χ1v) is 8.59. The number of rotatable bonds is 8. The van der Waals surface area contributed by atoms with Gasteiger partial charge in [-0.15, -0.1) is 24.0 Å². The minimum absolute atomic E-state index is 0. The van der Waals surface area contributed by atoms with Gasteiger partial charge in [0.05, 0.1) is 0 Å². The van der Waals surface area contributed by atoms with E-state index in [1.54, 1.807) is 7.11 Å². The zero-order valence-electron chi connectivity index (χ0n) is 15.6. The van der Waals surface area contributed by atoms with E-state index < -0.39 is 0 Å². The van der Waals surface area contributed by atoms with E-state index in [0.717, 1.165) is 38.6 Å². The van der Waals surface area contributed by atoms with Gasteiger partial charge in [-0.3, -0.25) is 4.99 Å². The molecule has 1 saturated carbocycles. The molecule has 138 valence electrons. The van der Waals surface area contributed by atoms with E-state index in [4.69, 9.17) is 4.74 Å². The lowest BCUT2D eigenvalue weighted by Crippen LogP contribution is -2.46. The fourth-order valence-corrected chi connectivity index (χ4v) is 3.07. The third kappa shape index (κ3) is 9.72. The summed E-state index contributed by atoms with van der Waals surface area (Å²) in [5.74, 6) is 0.902. The monoisotopic (exact) mass is 440 g/mol. The number of hydrogen-bond donors (Lipinski definition) is 3. The van der Waals surface area contributed by atoms with E-state index in [1.165, 1.54) is 25.7 Å². The molecular formula is C17H37IN4O. The first-order valence-electron chi connectivity index (χ1n) is 8.59. The van der Waals surface area contributed by atoms with Crippen LogP contribution >= 0.6 is 24.0 Å². The number of aliphatic imine (C=N–C) groups is 1. The number of nitrogens with one attached hydrogen (secondary N) is 3. The number of ether oxygens (including phenoxy) is 1. The Morgan fingerprint density at radius 3 is 2.30 bits per heavy atom. The smallest absolute Gasteiger partial charge is 0.191 e. The number of halogens is 1. The number of nitrogens with zero attached hydrogens (tertiary/aromatic N) is 1. The van der Waals surface area contributed by atoms with Crippen LogP contribution in [0.5, 0.6) is 0 Å². The van der Waals surface area contributed by atoms with Gasteiger partial charge >= 0.3 is 0 Å². The zero-order chi connectivity index (χ0) is 16.5. The summed E-state index contributed by atoms with van der Waals surface area (Å²) >= 11 is 0. The van der Waals surface area contributed by atoms with E-state index in [0.29, 0.717) is 5.41 Å². The molecule has 0 saturated heterocycles. The van der Waals surface area contributed by atoms with Crippen molar-refractivity contribution in [3.05, 3.63) is 0 Å². The van der Waals surface area contributed by atoms with Crippen LogP contribution in [0.3, 0.4) is 0 Å². The summed E-state index contributed by atoms with van der Waals surface area (Å²) in [4.78, 5) is 4.33. The maximum atomic E-state index is 5.29. The van der Waals surface area contributed by atoms with Gasteiger partial charge in [0.1, 0.15) is 0 Å². The molecule has 5 nitrogen and oxygen atoms in total. The molecule has 1 aliphatic carbocycles. The molecule has 0 heterocycles. The Kier molecular flexibility index (Phi) is 11.4. The van der Waals surface area contributed by atoms with Crippen LogP contribution < -0.4 is 16.0 Å². The van der Waals surface area contributed by atoms with Crippen LogP contribution in [0.25, 0.3) is 0 Å². The van der Waals surface area contributed by atoms with Crippen LogP contribution in [0.1, 0.15) is 52.9 Å². The van der Waals surface area contributed by atoms with Crippen molar-refractivity contribution in [2.45, 2.75) is 58.4 Å². The minimum atomic E-state index is 0. The van der Waals surface area contributed by atoms with Crippen LogP contribution in [0.4, 0.5) is 0 Å². The molecule has 1 aliphatic rings. The van der Waals surface area contributed by atoms with Gasteiger partial charge < -0.3 is 20.7 Å². The fraction of sp³-hybridized carbons (Fsp3) is 0.941. The maximum Gasteiger partial charge on any atom is 0.191 e. The van der Waals surface area contributed by atoms with Gasteiger partial charge in [-0.25, -0.2) is 0 Å².